The third-order valence-corrected chi connectivity index (χ3v) is 3.85. The van der Waals surface area contributed by atoms with Crippen LogP contribution in [0.25, 0.3) is 0 Å². The van der Waals surface area contributed by atoms with Crippen LogP contribution in [0.2, 0.25) is 0 Å². The van der Waals surface area contributed by atoms with E-state index in [0.29, 0.717) is 18.6 Å². The van der Waals surface area contributed by atoms with E-state index in [0.717, 1.165) is 32.7 Å². The average molecular weight is 277 g/mol. The minimum atomic E-state index is 0.314. The van der Waals surface area contributed by atoms with Gasteiger partial charge in [-0.15, -0.1) is 0 Å². The quantitative estimate of drug-likeness (QED) is 0.792. The van der Waals surface area contributed by atoms with Gasteiger partial charge in [-0.3, -0.25) is 0 Å². The molecule has 1 aromatic carbocycles. The van der Waals surface area contributed by atoms with Gasteiger partial charge in [0.1, 0.15) is 0 Å². The summed E-state index contributed by atoms with van der Waals surface area (Å²) in [7, 11) is 0. The van der Waals surface area contributed by atoms with E-state index in [2.05, 4.69) is 43.4 Å². The van der Waals surface area contributed by atoms with Gasteiger partial charge < -0.3 is 14.8 Å². The van der Waals surface area contributed by atoms with E-state index in [-0.39, 0.29) is 0 Å². The Hall–Kier alpha value is -0.900. The van der Waals surface area contributed by atoms with Crippen molar-refractivity contribution in [1.29, 1.82) is 0 Å². The molecule has 0 aliphatic carbocycles. The highest BCUT2D eigenvalue weighted by Gasteiger charge is 2.15. The minimum absolute atomic E-state index is 0.314. The molecule has 3 nitrogen and oxygen atoms in total. The molecule has 1 aliphatic rings. The maximum Gasteiger partial charge on any atom is 0.0809 e. The lowest BCUT2D eigenvalue weighted by Crippen LogP contribution is -2.19. The van der Waals surface area contributed by atoms with Crippen LogP contribution in [0.1, 0.15) is 43.7 Å². The second-order valence-corrected chi connectivity index (χ2v) is 5.60. The van der Waals surface area contributed by atoms with Crippen LogP contribution in [0, 0.1) is 0 Å². The van der Waals surface area contributed by atoms with Gasteiger partial charge in [0, 0.05) is 13.2 Å². The maximum atomic E-state index is 5.73. The van der Waals surface area contributed by atoms with Gasteiger partial charge in [-0.05, 0) is 36.4 Å². The first-order chi connectivity index (χ1) is 9.79. The Morgan fingerprint density at radius 3 is 2.80 bits per heavy atom. The summed E-state index contributed by atoms with van der Waals surface area (Å²) in [6, 6.07) is 8.78. The molecule has 0 bridgehead atoms. The molecule has 0 saturated carbocycles. The Balaban J connectivity index is 1.73. The van der Waals surface area contributed by atoms with Crippen molar-refractivity contribution in [3.8, 4) is 0 Å². The van der Waals surface area contributed by atoms with Gasteiger partial charge in [-0.2, -0.15) is 0 Å². The summed E-state index contributed by atoms with van der Waals surface area (Å²) >= 11 is 0. The summed E-state index contributed by atoms with van der Waals surface area (Å²) in [5, 5.41) is 3.39. The van der Waals surface area contributed by atoms with Crippen molar-refractivity contribution in [3.05, 3.63) is 35.4 Å². The third-order valence-electron chi connectivity index (χ3n) is 3.85. The molecule has 3 heteroatoms. The van der Waals surface area contributed by atoms with Gasteiger partial charge in [0.25, 0.3) is 0 Å². The first-order valence-corrected chi connectivity index (χ1v) is 7.78. The Labute approximate surface area is 122 Å². The molecule has 112 valence electrons. The van der Waals surface area contributed by atoms with Crippen molar-refractivity contribution < 1.29 is 9.47 Å². The SMILES string of the molecule is CCNCC(C)c1ccc(COCC2CCCO2)cc1. The average Bonchev–Trinajstić information content (AvgIpc) is 2.99. The van der Waals surface area contributed by atoms with Crippen molar-refractivity contribution in [3.63, 3.8) is 0 Å². The maximum absolute atomic E-state index is 5.73. The summed E-state index contributed by atoms with van der Waals surface area (Å²) in [6.07, 6.45) is 2.63. The van der Waals surface area contributed by atoms with Crippen molar-refractivity contribution in [1.82, 2.24) is 5.32 Å². The first-order valence-electron chi connectivity index (χ1n) is 7.78. The zero-order valence-corrected chi connectivity index (χ0v) is 12.7. The zero-order chi connectivity index (χ0) is 14.2. The van der Waals surface area contributed by atoms with E-state index in [9.17, 15) is 0 Å². The lowest BCUT2D eigenvalue weighted by atomic mass is 10.00. The lowest BCUT2D eigenvalue weighted by molar-refractivity contribution is 0.0106. The molecule has 1 aliphatic heterocycles. The number of likely N-dealkylation sites (N-methyl/N-ethyl adjacent to an activating group) is 1. The summed E-state index contributed by atoms with van der Waals surface area (Å²) in [5.41, 5.74) is 2.62. The van der Waals surface area contributed by atoms with Crippen molar-refractivity contribution in [2.75, 3.05) is 26.3 Å². The van der Waals surface area contributed by atoms with Gasteiger partial charge in [-0.25, -0.2) is 0 Å². The van der Waals surface area contributed by atoms with E-state index in [1.807, 2.05) is 0 Å². The fourth-order valence-corrected chi connectivity index (χ4v) is 2.51. The highest BCUT2D eigenvalue weighted by atomic mass is 16.5. The number of hydrogen-bond acceptors (Lipinski definition) is 3. The first kappa shape index (κ1) is 15.5. The van der Waals surface area contributed by atoms with Gasteiger partial charge in [-0.1, -0.05) is 38.1 Å². The summed E-state index contributed by atoms with van der Waals surface area (Å²) in [5.74, 6) is 0.553. The van der Waals surface area contributed by atoms with Crippen LogP contribution in [0.3, 0.4) is 0 Å². The fraction of sp³-hybridized carbons (Fsp3) is 0.647. The Bertz CT molecular complexity index is 371. The van der Waals surface area contributed by atoms with Crippen LogP contribution >= 0.6 is 0 Å². The highest BCUT2D eigenvalue weighted by Crippen LogP contribution is 2.16. The van der Waals surface area contributed by atoms with E-state index < -0.39 is 0 Å². The molecule has 1 fully saturated rings. The van der Waals surface area contributed by atoms with Gasteiger partial charge in [0.15, 0.2) is 0 Å². The molecular formula is C17H27NO2. The fourth-order valence-electron chi connectivity index (χ4n) is 2.51. The monoisotopic (exact) mass is 277 g/mol. The number of hydrogen-bond donors (Lipinski definition) is 1. The second kappa shape index (κ2) is 8.40. The molecule has 2 unspecified atom stereocenters. The Morgan fingerprint density at radius 1 is 1.35 bits per heavy atom. The molecule has 2 atom stereocenters. The van der Waals surface area contributed by atoms with Crippen LogP contribution < -0.4 is 5.32 Å². The highest BCUT2D eigenvalue weighted by molar-refractivity contribution is 5.24. The second-order valence-electron chi connectivity index (χ2n) is 5.60. The van der Waals surface area contributed by atoms with Gasteiger partial charge in [0.05, 0.1) is 19.3 Å². The van der Waals surface area contributed by atoms with E-state index >= 15 is 0 Å². The van der Waals surface area contributed by atoms with Crippen LogP contribution in [-0.2, 0) is 16.1 Å². The molecule has 0 aromatic heterocycles. The number of rotatable bonds is 8. The predicted octanol–water partition coefficient (Wildman–Crippen LogP) is 3.10. The summed E-state index contributed by atoms with van der Waals surface area (Å²) < 4.78 is 11.3. The van der Waals surface area contributed by atoms with E-state index in [1.54, 1.807) is 0 Å². The van der Waals surface area contributed by atoms with Gasteiger partial charge in [0.2, 0.25) is 0 Å². The standard InChI is InChI=1S/C17H27NO2/c1-3-18-11-14(2)16-8-6-15(7-9-16)12-19-13-17-5-4-10-20-17/h6-9,14,17-18H,3-5,10-13H2,1-2H3. The van der Waals surface area contributed by atoms with Crippen molar-refractivity contribution in [2.24, 2.45) is 0 Å². The smallest absolute Gasteiger partial charge is 0.0809 e. The third kappa shape index (κ3) is 4.89. The molecule has 0 spiro atoms. The molecular weight excluding hydrogens is 250 g/mol. The van der Waals surface area contributed by atoms with Crippen molar-refractivity contribution in [2.45, 2.75) is 45.3 Å². The Morgan fingerprint density at radius 2 is 2.15 bits per heavy atom. The molecule has 20 heavy (non-hydrogen) atoms. The summed E-state index contributed by atoms with van der Waals surface area (Å²) in [6.45, 7) is 8.75. The molecule has 1 aromatic rings. The largest absolute Gasteiger partial charge is 0.376 e. The molecule has 0 radical (unpaired) electrons. The van der Waals surface area contributed by atoms with Crippen LogP contribution in [0.5, 0.6) is 0 Å². The van der Waals surface area contributed by atoms with E-state index in [4.69, 9.17) is 9.47 Å². The number of benzene rings is 1. The number of nitrogens with one attached hydrogen (secondary N) is 1. The molecule has 1 saturated heterocycles. The molecule has 1 heterocycles. The van der Waals surface area contributed by atoms with E-state index in [1.165, 1.54) is 17.5 Å². The lowest BCUT2D eigenvalue weighted by Gasteiger charge is -2.13. The molecule has 0 amide bonds. The van der Waals surface area contributed by atoms with Crippen LogP contribution in [-0.4, -0.2) is 32.4 Å². The van der Waals surface area contributed by atoms with Crippen LogP contribution in [0.15, 0.2) is 24.3 Å². The minimum Gasteiger partial charge on any atom is -0.376 e. The predicted molar refractivity (Wildman–Crippen MR) is 82.0 cm³/mol. The topological polar surface area (TPSA) is 30.5 Å². The molecule has 2 rings (SSSR count). The van der Waals surface area contributed by atoms with Crippen molar-refractivity contribution >= 4 is 0 Å². The Kier molecular flexibility index (Phi) is 6.51. The van der Waals surface area contributed by atoms with Crippen LogP contribution in [0.4, 0.5) is 0 Å². The normalized spacial score (nSPS) is 20.2. The summed E-state index contributed by atoms with van der Waals surface area (Å²) in [4.78, 5) is 0. The molecule has 1 N–H and O–H groups in total. The zero-order valence-electron chi connectivity index (χ0n) is 12.7. The number of ether oxygens (including phenoxy) is 2. The van der Waals surface area contributed by atoms with Gasteiger partial charge >= 0.3 is 0 Å².